The summed E-state index contributed by atoms with van der Waals surface area (Å²) in [6, 6.07) is 9.37. The molecule has 26 heavy (non-hydrogen) atoms. The lowest BCUT2D eigenvalue weighted by molar-refractivity contribution is 0.0828. The zero-order valence-corrected chi connectivity index (χ0v) is 16.2. The minimum Gasteiger partial charge on any atom is -0.497 e. The van der Waals surface area contributed by atoms with Gasteiger partial charge in [0, 0.05) is 43.9 Å². The third kappa shape index (κ3) is 3.73. The van der Waals surface area contributed by atoms with Crippen LogP contribution in [0.2, 0.25) is 5.02 Å². The van der Waals surface area contributed by atoms with Crippen LogP contribution in [-0.4, -0.2) is 38.1 Å². The minimum atomic E-state index is -0.116. The lowest BCUT2D eigenvalue weighted by Crippen LogP contribution is -2.22. The van der Waals surface area contributed by atoms with Crippen molar-refractivity contribution in [1.82, 2.24) is 4.90 Å². The van der Waals surface area contributed by atoms with E-state index < -0.39 is 0 Å². The fraction of sp³-hybridized carbons (Fsp3) is 0.350. The van der Waals surface area contributed by atoms with Crippen LogP contribution in [0.4, 0.5) is 5.69 Å². The van der Waals surface area contributed by atoms with E-state index in [0.717, 1.165) is 29.2 Å². The Kier molecular flexibility index (Phi) is 5.28. The van der Waals surface area contributed by atoms with Crippen LogP contribution < -0.4 is 14.8 Å². The zero-order chi connectivity index (χ0) is 18.8. The van der Waals surface area contributed by atoms with Crippen molar-refractivity contribution in [2.24, 2.45) is 0 Å². The van der Waals surface area contributed by atoms with E-state index in [1.54, 1.807) is 33.3 Å². The number of hydrogen-bond acceptors (Lipinski definition) is 4. The summed E-state index contributed by atoms with van der Waals surface area (Å²) in [4.78, 5) is 13.6. The van der Waals surface area contributed by atoms with Crippen LogP contribution in [0.25, 0.3) is 0 Å². The highest BCUT2D eigenvalue weighted by molar-refractivity contribution is 6.34. The van der Waals surface area contributed by atoms with Gasteiger partial charge in [-0.25, -0.2) is 0 Å². The Balaban J connectivity index is 1.79. The second-order valence-electron chi connectivity index (χ2n) is 6.66. The Labute approximate surface area is 158 Å². The maximum absolute atomic E-state index is 12.1. The SMILES string of the molecule is COc1cc(CNc2ccc(C(=O)N(C)C)c(Cl)c2)c2c(c1)CC(C)O2. The molecule has 0 spiro atoms. The fourth-order valence-corrected chi connectivity index (χ4v) is 3.33. The third-order valence-electron chi connectivity index (χ3n) is 4.37. The van der Waals surface area contributed by atoms with Crippen molar-refractivity contribution in [3.63, 3.8) is 0 Å². The summed E-state index contributed by atoms with van der Waals surface area (Å²) in [6.45, 7) is 2.63. The Morgan fingerprint density at radius 1 is 1.35 bits per heavy atom. The summed E-state index contributed by atoms with van der Waals surface area (Å²) in [7, 11) is 5.07. The monoisotopic (exact) mass is 374 g/mol. The number of fused-ring (bicyclic) bond motifs is 1. The highest BCUT2D eigenvalue weighted by Crippen LogP contribution is 2.36. The number of ether oxygens (including phenoxy) is 2. The van der Waals surface area contributed by atoms with E-state index in [-0.39, 0.29) is 12.0 Å². The first-order chi connectivity index (χ1) is 12.4. The number of nitrogens with zero attached hydrogens (tertiary/aromatic N) is 1. The summed E-state index contributed by atoms with van der Waals surface area (Å²) < 4.78 is 11.4. The van der Waals surface area contributed by atoms with Crippen LogP contribution in [0.1, 0.15) is 28.4 Å². The zero-order valence-electron chi connectivity index (χ0n) is 15.4. The van der Waals surface area contributed by atoms with Crippen LogP contribution >= 0.6 is 11.6 Å². The van der Waals surface area contributed by atoms with Crippen molar-refractivity contribution >= 4 is 23.2 Å². The molecular weight excluding hydrogens is 352 g/mol. The highest BCUT2D eigenvalue weighted by atomic mass is 35.5. The van der Waals surface area contributed by atoms with Crippen LogP contribution in [0.15, 0.2) is 30.3 Å². The van der Waals surface area contributed by atoms with Gasteiger partial charge in [-0.3, -0.25) is 4.79 Å². The molecule has 2 aromatic carbocycles. The molecule has 0 saturated heterocycles. The minimum absolute atomic E-state index is 0.116. The van der Waals surface area contributed by atoms with E-state index in [9.17, 15) is 4.79 Å². The van der Waals surface area contributed by atoms with Gasteiger partial charge in [0.2, 0.25) is 0 Å². The number of nitrogens with one attached hydrogen (secondary N) is 1. The molecule has 6 heteroatoms. The molecule has 1 amide bonds. The summed E-state index contributed by atoms with van der Waals surface area (Å²) in [5.74, 6) is 1.63. The van der Waals surface area contributed by atoms with Gasteiger partial charge >= 0.3 is 0 Å². The first-order valence-electron chi connectivity index (χ1n) is 8.50. The number of carbonyl (C=O) groups excluding carboxylic acids is 1. The van der Waals surface area contributed by atoms with Crippen molar-refractivity contribution in [2.75, 3.05) is 26.5 Å². The molecule has 1 unspecified atom stereocenters. The Morgan fingerprint density at radius 2 is 2.12 bits per heavy atom. The van der Waals surface area contributed by atoms with Crippen molar-refractivity contribution < 1.29 is 14.3 Å². The molecule has 1 atom stereocenters. The molecule has 3 rings (SSSR count). The second kappa shape index (κ2) is 7.46. The molecule has 5 nitrogen and oxygen atoms in total. The van der Waals surface area contributed by atoms with E-state index in [2.05, 4.69) is 12.2 Å². The maximum atomic E-state index is 12.1. The van der Waals surface area contributed by atoms with Crippen molar-refractivity contribution in [2.45, 2.75) is 26.0 Å². The van der Waals surface area contributed by atoms with Crippen LogP contribution in [0, 0.1) is 0 Å². The third-order valence-corrected chi connectivity index (χ3v) is 4.68. The molecule has 1 heterocycles. The van der Waals surface area contributed by atoms with Crippen molar-refractivity contribution in [3.05, 3.63) is 52.0 Å². The predicted octanol–water partition coefficient (Wildman–Crippen LogP) is 3.99. The van der Waals surface area contributed by atoms with Gasteiger partial charge in [0.05, 0.1) is 17.7 Å². The average molecular weight is 375 g/mol. The number of halogens is 1. The van der Waals surface area contributed by atoms with E-state index in [0.29, 0.717) is 17.1 Å². The van der Waals surface area contributed by atoms with Gasteiger partial charge in [0.25, 0.3) is 5.91 Å². The average Bonchev–Trinajstić information content (AvgIpc) is 2.99. The molecule has 0 aliphatic carbocycles. The highest BCUT2D eigenvalue weighted by Gasteiger charge is 2.23. The van der Waals surface area contributed by atoms with E-state index >= 15 is 0 Å². The summed E-state index contributed by atoms with van der Waals surface area (Å²) in [6.07, 6.45) is 1.05. The molecule has 138 valence electrons. The number of anilines is 1. The van der Waals surface area contributed by atoms with Crippen molar-refractivity contribution in [3.8, 4) is 11.5 Å². The molecular formula is C20H23ClN2O3. The molecule has 1 aliphatic heterocycles. The molecule has 2 aromatic rings. The number of amides is 1. The number of benzene rings is 2. The summed E-state index contributed by atoms with van der Waals surface area (Å²) in [5.41, 5.74) is 3.53. The number of methoxy groups -OCH3 is 1. The first-order valence-corrected chi connectivity index (χ1v) is 8.88. The van der Waals surface area contributed by atoms with Gasteiger partial charge < -0.3 is 19.7 Å². The molecule has 1 aliphatic rings. The van der Waals surface area contributed by atoms with Crippen LogP contribution in [-0.2, 0) is 13.0 Å². The first kappa shape index (κ1) is 18.4. The topological polar surface area (TPSA) is 50.8 Å². The molecule has 0 aromatic heterocycles. The van der Waals surface area contributed by atoms with E-state index in [1.165, 1.54) is 10.5 Å². The standard InChI is InChI=1S/C20H23ClN2O3/c1-12-7-13-8-16(25-4)9-14(19(13)26-12)11-22-15-5-6-17(18(21)10-15)20(24)23(2)3/h5-6,8-10,12,22H,7,11H2,1-4H3. The summed E-state index contributed by atoms with van der Waals surface area (Å²) >= 11 is 6.28. The van der Waals surface area contributed by atoms with Crippen LogP contribution in [0.3, 0.4) is 0 Å². The normalized spacial score (nSPS) is 15.2. The largest absolute Gasteiger partial charge is 0.497 e. The van der Waals surface area contributed by atoms with E-state index in [4.69, 9.17) is 21.1 Å². The van der Waals surface area contributed by atoms with Gasteiger partial charge in [0.1, 0.15) is 17.6 Å². The molecule has 0 fully saturated rings. The second-order valence-corrected chi connectivity index (χ2v) is 7.06. The maximum Gasteiger partial charge on any atom is 0.254 e. The van der Waals surface area contributed by atoms with Crippen LogP contribution in [0.5, 0.6) is 11.5 Å². The molecule has 1 N–H and O–H groups in total. The van der Waals surface area contributed by atoms with Gasteiger partial charge in [-0.1, -0.05) is 11.6 Å². The van der Waals surface area contributed by atoms with Gasteiger partial charge in [-0.05, 0) is 37.3 Å². The van der Waals surface area contributed by atoms with E-state index in [1.807, 2.05) is 18.2 Å². The molecule has 0 saturated carbocycles. The Morgan fingerprint density at radius 3 is 2.77 bits per heavy atom. The van der Waals surface area contributed by atoms with Gasteiger partial charge in [-0.2, -0.15) is 0 Å². The predicted molar refractivity (Wildman–Crippen MR) is 104 cm³/mol. The molecule has 0 radical (unpaired) electrons. The number of hydrogen-bond donors (Lipinski definition) is 1. The Hall–Kier alpha value is -2.40. The smallest absolute Gasteiger partial charge is 0.254 e. The lowest BCUT2D eigenvalue weighted by atomic mass is 10.1. The quantitative estimate of drug-likeness (QED) is 0.859. The molecule has 0 bridgehead atoms. The van der Waals surface area contributed by atoms with Crippen molar-refractivity contribution in [1.29, 1.82) is 0 Å². The summed E-state index contributed by atoms with van der Waals surface area (Å²) in [5, 5.41) is 3.77. The number of carbonyl (C=O) groups is 1. The Bertz CT molecular complexity index is 836. The van der Waals surface area contributed by atoms with Gasteiger partial charge in [0.15, 0.2) is 0 Å². The lowest BCUT2D eigenvalue weighted by Gasteiger charge is -2.15. The van der Waals surface area contributed by atoms with Gasteiger partial charge in [-0.15, -0.1) is 0 Å². The number of rotatable bonds is 5. The fourth-order valence-electron chi connectivity index (χ4n) is 3.06.